The Hall–Kier alpha value is -4.46. The summed E-state index contributed by atoms with van der Waals surface area (Å²) in [5.74, 6) is 0.315. The van der Waals surface area contributed by atoms with Crippen molar-refractivity contribution < 1.29 is 9.18 Å². The van der Waals surface area contributed by atoms with Crippen LogP contribution in [-0.4, -0.2) is 33.4 Å². The Morgan fingerprint density at radius 1 is 1.00 bits per heavy atom. The van der Waals surface area contributed by atoms with Gasteiger partial charge in [-0.3, -0.25) is 9.89 Å². The zero-order chi connectivity index (χ0) is 23.9. The summed E-state index contributed by atoms with van der Waals surface area (Å²) in [5, 5.41) is 0.842. The number of aromatic nitrogens is 3. The van der Waals surface area contributed by atoms with Gasteiger partial charge in [-0.15, -0.1) is 0 Å². The van der Waals surface area contributed by atoms with E-state index in [1.807, 2.05) is 54.7 Å². The number of nitrogens with one attached hydrogen (secondary N) is 2. The predicted octanol–water partition coefficient (Wildman–Crippen LogP) is 6.18. The van der Waals surface area contributed by atoms with E-state index in [2.05, 4.69) is 21.9 Å². The highest BCUT2D eigenvalue weighted by molar-refractivity contribution is 6.31. The van der Waals surface area contributed by atoms with Crippen LogP contribution in [0, 0.1) is 5.82 Å². The number of imidazole rings is 1. The molecule has 8 heteroatoms. The number of para-hydroxylation sites is 1. The SMILES string of the molecule is CCCN=C1C(c2c[nH]c3cc(F)ccc23)N(c2ccc3[nH]cnc3c2)C(=O)N1c1ccccc1. The summed E-state index contributed by atoms with van der Waals surface area (Å²) in [5.41, 5.74) is 4.62. The van der Waals surface area contributed by atoms with E-state index < -0.39 is 6.04 Å². The number of H-pyrrole nitrogens is 2. The lowest BCUT2D eigenvalue weighted by atomic mass is 10.0. The monoisotopic (exact) mass is 466 g/mol. The number of benzene rings is 3. The van der Waals surface area contributed by atoms with Crippen molar-refractivity contribution in [1.29, 1.82) is 0 Å². The highest BCUT2D eigenvalue weighted by Gasteiger charge is 2.46. The van der Waals surface area contributed by atoms with Gasteiger partial charge in [0.25, 0.3) is 0 Å². The van der Waals surface area contributed by atoms with Crippen LogP contribution in [0.15, 0.2) is 84.2 Å². The Kier molecular flexibility index (Phi) is 5.06. The summed E-state index contributed by atoms with van der Waals surface area (Å²) >= 11 is 0. The fourth-order valence-electron chi connectivity index (χ4n) is 4.71. The second-order valence-electron chi connectivity index (χ2n) is 8.50. The number of nitrogens with zero attached hydrogens (tertiary/aromatic N) is 4. The van der Waals surface area contributed by atoms with E-state index in [0.29, 0.717) is 23.6 Å². The molecule has 1 fully saturated rings. The van der Waals surface area contributed by atoms with Gasteiger partial charge in [0.15, 0.2) is 0 Å². The molecule has 6 rings (SSSR count). The van der Waals surface area contributed by atoms with Crippen LogP contribution in [0.3, 0.4) is 0 Å². The Morgan fingerprint density at radius 3 is 2.69 bits per heavy atom. The van der Waals surface area contributed by atoms with Crippen LogP contribution in [0.4, 0.5) is 20.6 Å². The summed E-state index contributed by atoms with van der Waals surface area (Å²) in [7, 11) is 0. The predicted molar refractivity (Wildman–Crippen MR) is 136 cm³/mol. The van der Waals surface area contributed by atoms with Gasteiger partial charge in [-0.1, -0.05) is 25.1 Å². The molecule has 2 N–H and O–H groups in total. The van der Waals surface area contributed by atoms with Crippen molar-refractivity contribution in [2.45, 2.75) is 19.4 Å². The van der Waals surface area contributed by atoms with Crippen molar-refractivity contribution in [2.24, 2.45) is 4.99 Å². The average molecular weight is 467 g/mol. The number of rotatable bonds is 5. The average Bonchev–Trinajstić information content (AvgIpc) is 3.58. The number of carbonyl (C=O) groups excluding carboxylic acids is 1. The molecule has 0 bridgehead atoms. The van der Waals surface area contributed by atoms with Crippen LogP contribution >= 0.6 is 0 Å². The molecule has 1 saturated heterocycles. The minimum absolute atomic E-state index is 0.206. The van der Waals surface area contributed by atoms with Gasteiger partial charge in [0.2, 0.25) is 0 Å². The topological polar surface area (TPSA) is 80.4 Å². The molecule has 5 aromatic rings. The van der Waals surface area contributed by atoms with Gasteiger partial charge < -0.3 is 9.97 Å². The van der Waals surface area contributed by atoms with Crippen molar-refractivity contribution in [3.63, 3.8) is 0 Å². The highest BCUT2D eigenvalue weighted by Crippen LogP contribution is 2.41. The summed E-state index contributed by atoms with van der Waals surface area (Å²) in [6, 6.07) is 19.2. The maximum Gasteiger partial charge on any atom is 0.335 e. The van der Waals surface area contributed by atoms with Gasteiger partial charge >= 0.3 is 6.03 Å². The molecule has 35 heavy (non-hydrogen) atoms. The third-order valence-electron chi connectivity index (χ3n) is 6.29. The molecular weight excluding hydrogens is 443 g/mol. The van der Waals surface area contributed by atoms with Gasteiger partial charge in [0, 0.05) is 34.9 Å². The fourth-order valence-corrected chi connectivity index (χ4v) is 4.71. The zero-order valence-corrected chi connectivity index (χ0v) is 19.1. The van der Waals surface area contributed by atoms with E-state index in [0.717, 1.165) is 34.1 Å². The van der Waals surface area contributed by atoms with Crippen LogP contribution in [0.1, 0.15) is 24.9 Å². The van der Waals surface area contributed by atoms with Crippen molar-refractivity contribution in [3.05, 3.63) is 90.6 Å². The third-order valence-corrected chi connectivity index (χ3v) is 6.29. The number of anilines is 2. The van der Waals surface area contributed by atoms with Gasteiger partial charge in [-0.2, -0.15) is 0 Å². The number of halogens is 1. The second kappa shape index (κ2) is 8.39. The van der Waals surface area contributed by atoms with E-state index >= 15 is 0 Å². The zero-order valence-electron chi connectivity index (χ0n) is 19.1. The Bertz CT molecular complexity index is 1570. The van der Waals surface area contributed by atoms with E-state index in [9.17, 15) is 9.18 Å². The standard InChI is InChI=1S/C27H23FN6O/c1-2-12-29-26-25(21-15-30-23-13-17(28)8-10-20(21)23)33(19-9-11-22-24(14-19)32-16-31-22)27(35)34(26)18-6-4-3-5-7-18/h3-11,13-16,25,30H,2,12H2,1H3,(H,31,32). The Balaban J connectivity index is 1.60. The minimum Gasteiger partial charge on any atom is -0.361 e. The summed E-state index contributed by atoms with van der Waals surface area (Å²) in [6.07, 6.45) is 4.32. The number of hydrogen-bond acceptors (Lipinski definition) is 3. The first-order valence-corrected chi connectivity index (χ1v) is 11.6. The third kappa shape index (κ3) is 3.45. The Morgan fingerprint density at radius 2 is 1.86 bits per heavy atom. The van der Waals surface area contributed by atoms with Crippen LogP contribution in [0.5, 0.6) is 0 Å². The fraction of sp³-hybridized carbons (Fsp3) is 0.148. The van der Waals surface area contributed by atoms with Gasteiger partial charge in [0.1, 0.15) is 17.7 Å². The number of urea groups is 1. The largest absolute Gasteiger partial charge is 0.361 e. The summed E-state index contributed by atoms with van der Waals surface area (Å²) in [4.78, 5) is 33.1. The second-order valence-corrected chi connectivity index (χ2v) is 8.50. The molecule has 174 valence electrons. The molecule has 0 spiro atoms. The lowest BCUT2D eigenvalue weighted by Crippen LogP contribution is -2.33. The number of fused-ring (bicyclic) bond motifs is 2. The number of hydrogen-bond donors (Lipinski definition) is 2. The molecule has 0 radical (unpaired) electrons. The van der Waals surface area contributed by atoms with E-state index in [-0.39, 0.29) is 11.8 Å². The molecule has 2 aromatic heterocycles. The number of amides is 2. The number of amidine groups is 1. The van der Waals surface area contributed by atoms with Gasteiger partial charge in [0.05, 0.1) is 23.0 Å². The quantitative estimate of drug-likeness (QED) is 0.324. The first-order chi connectivity index (χ1) is 17.2. The number of carbonyl (C=O) groups is 1. The molecule has 1 unspecified atom stereocenters. The molecule has 1 atom stereocenters. The molecule has 1 aliphatic rings. The first-order valence-electron chi connectivity index (χ1n) is 11.6. The molecule has 1 aliphatic heterocycles. The molecule has 3 aromatic carbocycles. The van der Waals surface area contributed by atoms with Crippen LogP contribution in [-0.2, 0) is 0 Å². The lowest BCUT2D eigenvalue weighted by molar-refractivity contribution is 0.255. The number of aromatic amines is 2. The molecule has 3 heterocycles. The smallest absolute Gasteiger partial charge is 0.335 e. The van der Waals surface area contributed by atoms with Crippen LogP contribution in [0.25, 0.3) is 21.9 Å². The summed E-state index contributed by atoms with van der Waals surface area (Å²) < 4.78 is 13.9. The molecular formula is C27H23FN6O. The van der Waals surface area contributed by atoms with Crippen LogP contribution < -0.4 is 9.80 Å². The molecule has 0 aliphatic carbocycles. The van der Waals surface area contributed by atoms with Crippen molar-refractivity contribution in [2.75, 3.05) is 16.3 Å². The van der Waals surface area contributed by atoms with Crippen molar-refractivity contribution >= 4 is 45.2 Å². The molecule has 0 saturated carbocycles. The maximum atomic E-state index is 14.1. The molecule has 2 amide bonds. The Labute approximate surface area is 200 Å². The van der Waals surface area contributed by atoms with Gasteiger partial charge in [-0.25, -0.2) is 19.1 Å². The molecule has 7 nitrogen and oxygen atoms in total. The highest BCUT2D eigenvalue weighted by atomic mass is 19.1. The van der Waals surface area contributed by atoms with Crippen molar-refractivity contribution in [3.8, 4) is 0 Å². The summed E-state index contributed by atoms with van der Waals surface area (Å²) in [6.45, 7) is 2.63. The van der Waals surface area contributed by atoms with E-state index in [4.69, 9.17) is 4.99 Å². The normalized spacial score (nSPS) is 17.4. The van der Waals surface area contributed by atoms with Gasteiger partial charge in [-0.05, 0) is 55.0 Å². The lowest BCUT2D eigenvalue weighted by Gasteiger charge is -2.23. The maximum absolute atomic E-state index is 14.1. The van der Waals surface area contributed by atoms with Crippen molar-refractivity contribution in [1.82, 2.24) is 15.0 Å². The van der Waals surface area contributed by atoms with E-state index in [1.165, 1.54) is 12.1 Å². The van der Waals surface area contributed by atoms with E-state index in [1.54, 1.807) is 22.2 Å². The first kappa shape index (κ1) is 21.1. The van der Waals surface area contributed by atoms with Crippen LogP contribution in [0.2, 0.25) is 0 Å². The minimum atomic E-state index is -0.509. The number of aliphatic imine (C=N–C) groups is 1.